The quantitative estimate of drug-likeness (QED) is 0.123. The zero-order valence-corrected chi connectivity index (χ0v) is 63.0. The first-order valence-corrected chi connectivity index (χ1v) is 38.6. The van der Waals surface area contributed by atoms with Crippen molar-refractivity contribution < 1.29 is 26.5 Å². The van der Waals surface area contributed by atoms with E-state index in [1.54, 1.807) is 98.9 Å². The van der Waals surface area contributed by atoms with Crippen molar-refractivity contribution >= 4 is 132 Å². The average Bonchev–Trinajstić information content (AvgIpc) is 1.61. The number of pyridine rings is 10. The fourth-order valence-electron chi connectivity index (χ4n) is 16.2. The lowest BCUT2D eigenvalue weighted by atomic mass is 9.97. The van der Waals surface area contributed by atoms with Crippen LogP contribution in [0.4, 0.5) is 0 Å². The molecule has 0 saturated heterocycles. The molecule has 0 atom stereocenters. The topological polar surface area (TPSA) is 259 Å². The van der Waals surface area contributed by atoms with E-state index in [0.717, 1.165) is 221 Å². The summed E-state index contributed by atoms with van der Waals surface area (Å²) in [5, 5.41) is 5.78. The summed E-state index contributed by atoms with van der Waals surface area (Å²) < 4.78 is 37.7. The lowest BCUT2D eigenvalue weighted by Crippen LogP contribution is -1.88. The number of benzene rings is 7. The third-order valence-corrected chi connectivity index (χ3v) is 21.9. The van der Waals surface area contributed by atoms with E-state index < -0.39 is 0 Å². The molecule has 0 aliphatic heterocycles. The molecule has 7 aromatic carbocycles. The molecule has 0 amide bonds. The van der Waals surface area contributed by atoms with Crippen LogP contribution in [0.5, 0.6) is 0 Å². The molecule has 0 aliphatic carbocycles. The highest BCUT2D eigenvalue weighted by molar-refractivity contribution is 6.14. The number of nitrogens with zero attached hydrogens (tertiary/aromatic N) is 14. The molecule has 0 bridgehead atoms. The summed E-state index contributed by atoms with van der Waals surface area (Å²) in [6, 6.07) is 77.0. The Kier molecular flexibility index (Phi) is 16.3. The van der Waals surface area contributed by atoms with Gasteiger partial charge in [-0.25, -0.2) is 19.9 Å². The smallest absolute Gasteiger partial charge is 0.164 e. The second-order valence-electron chi connectivity index (χ2n) is 28.8. The fraction of sp³-hybridized carbons (Fsp3) is 0. The van der Waals surface area contributed by atoms with Crippen molar-refractivity contribution in [2.45, 2.75) is 0 Å². The molecule has 0 spiro atoms. The molecule has 25 rings (SSSR count). The Hall–Kier alpha value is -17.0. The molecule has 120 heavy (non-hydrogen) atoms. The first-order valence-electron chi connectivity index (χ1n) is 38.6. The molecule has 0 fully saturated rings. The minimum absolute atomic E-state index is 0.601. The fourth-order valence-corrected chi connectivity index (χ4v) is 16.2. The van der Waals surface area contributed by atoms with Gasteiger partial charge in [0.25, 0.3) is 0 Å². The van der Waals surface area contributed by atoms with Gasteiger partial charge in [-0.3, -0.25) is 49.8 Å². The third kappa shape index (κ3) is 11.9. The first kappa shape index (κ1) is 68.6. The zero-order valence-electron chi connectivity index (χ0n) is 63.0. The molecule has 562 valence electrons. The zero-order chi connectivity index (χ0) is 79.1. The van der Waals surface area contributed by atoms with Gasteiger partial charge in [-0.15, -0.1) is 0 Å². The summed E-state index contributed by atoms with van der Waals surface area (Å²) in [6.07, 6.45) is 32.0. The maximum absolute atomic E-state index is 6.33. The van der Waals surface area contributed by atoms with Crippen molar-refractivity contribution in [2.75, 3.05) is 0 Å². The number of fused-ring (bicyclic) bond motifs is 18. The Morgan fingerprint density at radius 3 is 0.592 bits per heavy atom. The first-order chi connectivity index (χ1) is 59.5. The maximum Gasteiger partial charge on any atom is 0.164 e. The van der Waals surface area contributed by atoms with Gasteiger partial charge in [0.1, 0.15) is 66.6 Å². The minimum atomic E-state index is 0.601. The van der Waals surface area contributed by atoms with Crippen LogP contribution in [0.25, 0.3) is 244 Å². The molecule has 18 heterocycles. The highest BCUT2D eigenvalue weighted by Crippen LogP contribution is 2.45. The van der Waals surface area contributed by atoms with Crippen LogP contribution in [-0.2, 0) is 0 Å². The van der Waals surface area contributed by atoms with Gasteiger partial charge in [0.15, 0.2) is 45.1 Å². The van der Waals surface area contributed by atoms with E-state index in [2.05, 4.69) is 145 Å². The Morgan fingerprint density at radius 1 is 0.150 bits per heavy atom. The van der Waals surface area contributed by atoms with Gasteiger partial charge >= 0.3 is 0 Å². The summed E-state index contributed by atoms with van der Waals surface area (Å²) in [7, 11) is 0. The van der Waals surface area contributed by atoms with Crippen LogP contribution in [0.15, 0.2) is 369 Å². The number of rotatable bonds is 10. The van der Waals surface area contributed by atoms with Gasteiger partial charge in [-0.2, -0.15) is 0 Å². The van der Waals surface area contributed by atoms with Crippen molar-refractivity contribution in [3.63, 3.8) is 0 Å². The van der Waals surface area contributed by atoms with E-state index in [4.69, 9.17) is 36.5 Å². The molecule has 0 unspecified atom stereocenters. The largest absolute Gasteiger partial charge is 0.454 e. The van der Waals surface area contributed by atoms with E-state index in [1.165, 1.54) is 0 Å². The second-order valence-corrected chi connectivity index (χ2v) is 28.8. The van der Waals surface area contributed by atoms with Gasteiger partial charge in [0, 0.05) is 166 Å². The lowest BCUT2D eigenvalue weighted by Gasteiger charge is -2.07. The molecule has 20 nitrogen and oxygen atoms in total. The molecule has 0 aliphatic rings. The van der Waals surface area contributed by atoms with Crippen molar-refractivity contribution in [3.05, 3.63) is 342 Å². The highest BCUT2D eigenvalue weighted by Gasteiger charge is 2.23. The van der Waals surface area contributed by atoms with Crippen LogP contribution in [0.1, 0.15) is 0 Å². The van der Waals surface area contributed by atoms with Crippen LogP contribution in [0, 0.1) is 0 Å². The number of furan rings is 6. The molecule has 0 N–H and O–H groups in total. The number of hydrogen-bond acceptors (Lipinski definition) is 20. The maximum atomic E-state index is 6.33. The van der Waals surface area contributed by atoms with Crippen molar-refractivity contribution in [3.8, 4) is 112 Å². The minimum Gasteiger partial charge on any atom is -0.454 e. The molecule has 20 heteroatoms. The van der Waals surface area contributed by atoms with Crippen molar-refractivity contribution in [2.24, 2.45) is 0 Å². The standard InChI is InChI=1S/C38H22N4O2.C32H18N4O2.C30H16N6O2/c1-2-25(27-4-6-33-31(21-27)35-37(43-33)29(12-18-41-35)23-8-14-39-15-9-23)20-26(3-1)28-5-7-34-32(22-28)36-38(44-34)30(13-19-42-36)24-10-16-40-17-11-24;1-3-27-25(29-31(37-27)23(9-15-35-29)19-5-11-33-12-6-19)17-21(1)22-2-4-28-26(18-22)30-32(38-28)24(10-16-36-30)20-7-13-34-14-8-20;1-9-33-29(34-10-1)19-7-13-31-25-21-15-17(3-5-23(21)37-27(19)25)18-4-6-24-22(16-18)26-28(38-24)20(8-14-32-26)30-35-11-2-12-36-30/h1-22H;1-18H;1-16H. The Balaban J connectivity index is 0.000000105. The van der Waals surface area contributed by atoms with Crippen LogP contribution < -0.4 is 0 Å². The van der Waals surface area contributed by atoms with E-state index >= 15 is 0 Å². The molecular formula is C100H56N14O6. The third-order valence-electron chi connectivity index (χ3n) is 21.9. The second kappa shape index (κ2) is 28.5. The molecule has 18 aromatic heterocycles. The van der Waals surface area contributed by atoms with E-state index in [9.17, 15) is 0 Å². The summed E-state index contributed by atoms with van der Waals surface area (Å²) in [6.45, 7) is 0. The molecule has 0 saturated carbocycles. The summed E-state index contributed by atoms with van der Waals surface area (Å²) in [5.74, 6) is 1.20. The van der Waals surface area contributed by atoms with Crippen LogP contribution in [0.3, 0.4) is 0 Å². The lowest BCUT2D eigenvalue weighted by molar-refractivity contribution is 0.668. The Labute approximate surface area is 678 Å². The van der Waals surface area contributed by atoms with Crippen molar-refractivity contribution in [1.82, 2.24) is 69.8 Å². The van der Waals surface area contributed by atoms with E-state index in [1.807, 2.05) is 158 Å². The molecular weight excluding hydrogens is 1490 g/mol. The highest BCUT2D eigenvalue weighted by atomic mass is 16.4. The van der Waals surface area contributed by atoms with E-state index in [0.29, 0.717) is 22.8 Å². The van der Waals surface area contributed by atoms with Gasteiger partial charge in [-0.05, 0) is 243 Å². The summed E-state index contributed by atoms with van der Waals surface area (Å²) >= 11 is 0. The predicted molar refractivity (Wildman–Crippen MR) is 466 cm³/mol. The van der Waals surface area contributed by atoms with Gasteiger partial charge in [0.2, 0.25) is 0 Å². The van der Waals surface area contributed by atoms with E-state index in [-0.39, 0.29) is 0 Å². The predicted octanol–water partition coefficient (Wildman–Crippen LogP) is 24.7. The molecule has 0 radical (unpaired) electrons. The average molecular weight is 1550 g/mol. The SMILES string of the molecule is c1cc(-c2ccc3oc4c(-c5ccncc5)ccnc4c3c2)cc(-c2ccc3oc4c(-c5ccncc5)ccnc4c3c2)c1.c1cc(-c2ccnc3c2oc2ccc(-c4ccc5oc6c(-c7ccncc7)ccnc6c5c4)cc23)ccn1.c1cnc(-c2ccnc3c2oc2ccc(-c4ccc5oc6c(-c7ncccn7)ccnc6c5c4)cc23)nc1. The van der Waals surface area contributed by atoms with Crippen molar-refractivity contribution in [1.29, 1.82) is 0 Å². The normalized spacial score (nSPS) is 11.7. The van der Waals surface area contributed by atoms with Gasteiger partial charge in [-0.1, -0.05) is 54.6 Å². The summed E-state index contributed by atoms with van der Waals surface area (Å²) in [5.41, 5.74) is 32.5. The van der Waals surface area contributed by atoms with Gasteiger partial charge in [0.05, 0.1) is 11.1 Å². The van der Waals surface area contributed by atoms with Gasteiger partial charge < -0.3 is 26.5 Å². The van der Waals surface area contributed by atoms with Crippen LogP contribution in [0.2, 0.25) is 0 Å². The summed E-state index contributed by atoms with van der Waals surface area (Å²) in [4.78, 5) is 62.1. The van der Waals surface area contributed by atoms with Crippen LogP contribution >= 0.6 is 0 Å². The monoisotopic (exact) mass is 1550 g/mol. The number of hydrogen-bond donors (Lipinski definition) is 0. The number of aromatic nitrogens is 14. The van der Waals surface area contributed by atoms with Crippen LogP contribution in [-0.4, -0.2) is 69.8 Å². The Morgan fingerprint density at radius 2 is 0.358 bits per heavy atom. The molecule has 25 aromatic rings. The Bertz CT molecular complexity index is 7520.